The molecule has 0 unspecified atom stereocenters. The summed E-state index contributed by atoms with van der Waals surface area (Å²) in [6.07, 6.45) is 2.56. The van der Waals surface area contributed by atoms with Crippen LogP contribution in [0.4, 0.5) is 0 Å². The van der Waals surface area contributed by atoms with E-state index in [1.54, 1.807) is 4.68 Å². The molecule has 1 fully saturated rings. The van der Waals surface area contributed by atoms with E-state index in [1.165, 1.54) is 12.8 Å². The van der Waals surface area contributed by atoms with Crippen molar-refractivity contribution in [2.75, 3.05) is 19.6 Å². The van der Waals surface area contributed by atoms with Gasteiger partial charge in [-0.3, -0.25) is 14.4 Å². The lowest BCUT2D eigenvalue weighted by Gasteiger charge is -2.43. The highest BCUT2D eigenvalue weighted by Crippen LogP contribution is 2.23. The summed E-state index contributed by atoms with van der Waals surface area (Å²) in [6.45, 7) is 13.5. The van der Waals surface area contributed by atoms with Crippen LogP contribution in [-0.4, -0.2) is 45.8 Å². The van der Waals surface area contributed by atoms with E-state index in [2.05, 4.69) is 36.1 Å². The maximum absolute atomic E-state index is 12.5. The molecular formula is C17H30N4O. The second kappa shape index (κ2) is 6.41. The van der Waals surface area contributed by atoms with E-state index in [-0.39, 0.29) is 11.4 Å². The number of hydrogen-bond acceptors (Lipinski definition) is 3. The summed E-state index contributed by atoms with van der Waals surface area (Å²) in [4.78, 5) is 15.0. The van der Waals surface area contributed by atoms with E-state index in [0.717, 1.165) is 30.4 Å². The molecule has 1 amide bonds. The highest BCUT2D eigenvalue weighted by atomic mass is 16.1. The molecule has 0 saturated carbocycles. The summed E-state index contributed by atoms with van der Waals surface area (Å²) in [5.74, 6) is 0.729. The van der Waals surface area contributed by atoms with E-state index in [0.29, 0.717) is 12.1 Å². The molecule has 1 N–H and O–H groups in total. The highest BCUT2D eigenvalue weighted by Gasteiger charge is 2.31. The molecule has 1 atom stereocenters. The second-order valence-electron chi connectivity index (χ2n) is 7.36. The molecule has 5 heteroatoms. The Kier molecular flexibility index (Phi) is 4.95. The minimum Gasteiger partial charge on any atom is -0.350 e. The van der Waals surface area contributed by atoms with Crippen LogP contribution < -0.4 is 5.32 Å². The van der Waals surface area contributed by atoms with E-state index >= 15 is 0 Å². The average Bonchev–Trinajstić information content (AvgIpc) is 2.70. The minimum atomic E-state index is -0.0195. The van der Waals surface area contributed by atoms with Crippen molar-refractivity contribution in [2.45, 2.75) is 53.0 Å². The fraction of sp³-hybridized carbons (Fsp3) is 0.765. The number of nitrogens with one attached hydrogen (secondary N) is 1. The van der Waals surface area contributed by atoms with Gasteiger partial charge < -0.3 is 5.32 Å². The zero-order chi connectivity index (χ0) is 16.5. The van der Waals surface area contributed by atoms with Gasteiger partial charge in [0.15, 0.2) is 0 Å². The SMILES string of the molecule is Cc1nn(C)c(C)c1C(=O)NCC(C)(C)N1CCC[C@@H](C)C1. The minimum absolute atomic E-state index is 0.0127. The zero-order valence-electron chi connectivity index (χ0n) is 14.9. The van der Waals surface area contributed by atoms with Crippen LogP contribution >= 0.6 is 0 Å². The maximum atomic E-state index is 12.5. The molecule has 1 aromatic rings. The molecule has 1 aromatic heterocycles. The first-order valence-electron chi connectivity index (χ1n) is 8.26. The van der Waals surface area contributed by atoms with Gasteiger partial charge in [-0.05, 0) is 53.0 Å². The van der Waals surface area contributed by atoms with Crippen molar-refractivity contribution < 1.29 is 4.79 Å². The van der Waals surface area contributed by atoms with Crippen LogP contribution in [0.15, 0.2) is 0 Å². The van der Waals surface area contributed by atoms with Crippen molar-refractivity contribution in [3.8, 4) is 0 Å². The van der Waals surface area contributed by atoms with E-state index in [1.807, 2.05) is 20.9 Å². The first kappa shape index (κ1) is 17.0. The Labute approximate surface area is 134 Å². The van der Waals surface area contributed by atoms with Gasteiger partial charge in [-0.15, -0.1) is 0 Å². The first-order chi connectivity index (χ1) is 10.2. The number of carbonyl (C=O) groups is 1. The highest BCUT2D eigenvalue weighted by molar-refractivity contribution is 5.96. The summed E-state index contributed by atoms with van der Waals surface area (Å²) in [6, 6.07) is 0. The van der Waals surface area contributed by atoms with Gasteiger partial charge in [-0.1, -0.05) is 6.92 Å². The monoisotopic (exact) mass is 306 g/mol. The molecule has 0 radical (unpaired) electrons. The van der Waals surface area contributed by atoms with Crippen LogP contribution in [0.2, 0.25) is 0 Å². The Hall–Kier alpha value is -1.36. The Morgan fingerprint density at radius 2 is 2.09 bits per heavy atom. The largest absolute Gasteiger partial charge is 0.350 e. The van der Waals surface area contributed by atoms with Crippen LogP contribution in [-0.2, 0) is 7.05 Å². The number of amides is 1. The molecule has 0 aromatic carbocycles. The van der Waals surface area contributed by atoms with Gasteiger partial charge in [0, 0.05) is 31.4 Å². The molecule has 22 heavy (non-hydrogen) atoms. The van der Waals surface area contributed by atoms with Gasteiger partial charge in [0.25, 0.3) is 5.91 Å². The van der Waals surface area contributed by atoms with Crippen molar-refractivity contribution in [3.63, 3.8) is 0 Å². The molecule has 1 aliphatic rings. The summed E-state index contributed by atoms with van der Waals surface area (Å²) < 4.78 is 1.77. The van der Waals surface area contributed by atoms with Crippen LogP contribution in [0.5, 0.6) is 0 Å². The second-order valence-corrected chi connectivity index (χ2v) is 7.36. The van der Waals surface area contributed by atoms with Gasteiger partial charge in [-0.25, -0.2) is 0 Å². The smallest absolute Gasteiger partial charge is 0.255 e. The number of nitrogens with zero attached hydrogens (tertiary/aromatic N) is 3. The maximum Gasteiger partial charge on any atom is 0.255 e. The number of likely N-dealkylation sites (tertiary alicyclic amines) is 1. The predicted octanol–water partition coefficient (Wildman–Crippen LogP) is 2.28. The third-order valence-corrected chi connectivity index (χ3v) is 4.93. The fourth-order valence-corrected chi connectivity index (χ4v) is 3.34. The molecule has 124 valence electrons. The third kappa shape index (κ3) is 3.51. The lowest BCUT2D eigenvalue weighted by molar-refractivity contribution is 0.0657. The molecule has 1 aliphatic heterocycles. The van der Waals surface area contributed by atoms with Crippen LogP contribution in [0.3, 0.4) is 0 Å². The van der Waals surface area contributed by atoms with Crippen molar-refractivity contribution in [2.24, 2.45) is 13.0 Å². The van der Waals surface area contributed by atoms with E-state index in [9.17, 15) is 4.79 Å². The van der Waals surface area contributed by atoms with Gasteiger partial charge in [0.05, 0.1) is 11.3 Å². The zero-order valence-corrected chi connectivity index (χ0v) is 14.9. The van der Waals surface area contributed by atoms with E-state index < -0.39 is 0 Å². The molecule has 2 rings (SSSR count). The van der Waals surface area contributed by atoms with Crippen LogP contribution in [0.25, 0.3) is 0 Å². The first-order valence-corrected chi connectivity index (χ1v) is 8.26. The Bertz CT molecular complexity index is 547. The molecule has 0 aliphatic carbocycles. The molecule has 0 bridgehead atoms. The quantitative estimate of drug-likeness (QED) is 0.928. The molecule has 5 nitrogen and oxygen atoms in total. The van der Waals surface area contributed by atoms with Gasteiger partial charge in [0.2, 0.25) is 0 Å². The molecular weight excluding hydrogens is 276 g/mol. The molecule has 0 spiro atoms. The standard InChI is InChI=1S/C17H30N4O/c1-12-8-7-9-21(10-12)17(4,5)11-18-16(22)15-13(2)19-20(6)14(15)3/h12H,7-11H2,1-6H3,(H,18,22)/t12-/m1/s1. The van der Waals surface area contributed by atoms with E-state index in [4.69, 9.17) is 0 Å². The fourth-order valence-electron chi connectivity index (χ4n) is 3.34. The van der Waals surface area contributed by atoms with Gasteiger partial charge in [0.1, 0.15) is 0 Å². The lowest BCUT2D eigenvalue weighted by Crippen LogP contribution is -2.54. The molecule has 1 saturated heterocycles. The van der Waals surface area contributed by atoms with Gasteiger partial charge >= 0.3 is 0 Å². The van der Waals surface area contributed by atoms with Crippen molar-refractivity contribution in [1.82, 2.24) is 20.0 Å². The number of carbonyl (C=O) groups excluding carboxylic acids is 1. The number of rotatable bonds is 4. The summed E-state index contributed by atoms with van der Waals surface area (Å²) in [7, 11) is 1.87. The predicted molar refractivity (Wildman–Crippen MR) is 89.1 cm³/mol. The number of piperidine rings is 1. The number of aromatic nitrogens is 2. The van der Waals surface area contributed by atoms with Crippen molar-refractivity contribution >= 4 is 5.91 Å². The van der Waals surface area contributed by atoms with Crippen molar-refractivity contribution in [3.05, 3.63) is 17.0 Å². The normalized spacial score (nSPS) is 20.2. The average molecular weight is 306 g/mol. The number of hydrogen-bond donors (Lipinski definition) is 1. The Balaban J connectivity index is 2.00. The van der Waals surface area contributed by atoms with Crippen molar-refractivity contribution in [1.29, 1.82) is 0 Å². The Morgan fingerprint density at radius 1 is 1.41 bits per heavy atom. The topological polar surface area (TPSA) is 50.2 Å². The van der Waals surface area contributed by atoms with Crippen LogP contribution in [0, 0.1) is 19.8 Å². The summed E-state index contributed by atoms with van der Waals surface area (Å²) >= 11 is 0. The van der Waals surface area contributed by atoms with Gasteiger partial charge in [-0.2, -0.15) is 5.10 Å². The summed E-state index contributed by atoms with van der Waals surface area (Å²) in [5, 5.41) is 7.43. The molecule has 2 heterocycles. The summed E-state index contributed by atoms with van der Waals surface area (Å²) in [5.41, 5.74) is 2.40. The van der Waals surface area contributed by atoms with Crippen LogP contribution in [0.1, 0.15) is 55.4 Å². The Morgan fingerprint density at radius 3 is 2.64 bits per heavy atom. The number of aryl methyl sites for hydroxylation is 2. The third-order valence-electron chi connectivity index (χ3n) is 4.93. The lowest BCUT2D eigenvalue weighted by atomic mass is 9.93.